The zero-order valence-corrected chi connectivity index (χ0v) is 16.2. The third kappa shape index (κ3) is 3.89. The number of nitrogens with zero attached hydrogens (tertiary/aromatic N) is 3. The predicted molar refractivity (Wildman–Crippen MR) is 110 cm³/mol. The second kappa shape index (κ2) is 7.41. The molecule has 2 amide bonds. The minimum Gasteiger partial charge on any atom is -0.384 e. The van der Waals surface area contributed by atoms with Crippen molar-refractivity contribution in [2.45, 2.75) is 19.4 Å². The van der Waals surface area contributed by atoms with Gasteiger partial charge in [0.05, 0.1) is 16.8 Å². The Morgan fingerprint density at radius 2 is 1.77 bits per heavy atom. The first-order valence-corrected chi connectivity index (χ1v) is 9.12. The molecule has 0 aliphatic rings. The van der Waals surface area contributed by atoms with E-state index >= 15 is 0 Å². The first-order chi connectivity index (χ1) is 14.3. The number of rotatable bonds is 5. The highest BCUT2D eigenvalue weighted by Gasteiger charge is 2.20. The number of benzene rings is 1. The van der Waals surface area contributed by atoms with Crippen molar-refractivity contribution >= 4 is 34.7 Å². The second-order valence-electron chi connectivity index (χ2n) is 7.10. The van der Waals surface area contributed by atoms with E-state index in [4.69, 9.17) is 0 Å². The highest BCUT2D eigenvalue weighted by molar-refractivity contribution is 6.11. The number of aromatic nitrogens is 5. The van der Waals surface area contributed by atoms with Crippen LogP contribution in [0.5, 0.6) is 0 Å². The smallest absolute Gasteiger partial charge is 0.276 e. The molecular weight excluding hydrogens is 386 g/mol. The summed E-state index contributed by atoms with van der Waals surface area (Å²) in [6.45, 7) is 3.18. The van der Waals surface area contributed by atoms with Crippen molar-refractivity contribution in [3.8, 4) is 0 Å². The predicted octanol–water partition coefficient (Wildman–Crippen LogP) is 2.41. The SMILES string of the molecule is CC(C)(O)c1cccc(C(=O)Nc2nc3c(C(=O)Nc4ncc[nH]4)cccc3[nH]2)n1. The van der Waals surface area contributed by atoms with E-state index in [0.717, 1.165) is 0 Å². The van der Waals surface area contributed by atoms with E-state index < -0.39 is 11.5 Å². The maximum Gasteiger partial charge on any atom is 0.276 e. The summed E-state index contributed by atoms with van der Waals surface area (Å²) in [4.78, 5) is 43.4. The molecular formula is C20H19N7O3. The Balaban J connectivity index is 1.59. The molecule has 152 valence electrons. The van der Waals surface area contributed by atoms with Crippen molar-refractivity contribution < 1.29 is 14.7 Å². The Kier molecular flexibility index (Phi) is 4.76. The molecule has 10 nitrogen and oxygen atoms in total. The molecule has 4 aromatic rings. The monoisotopic (exact) mass is 405 g/mol. The largest absolute Gasteiger partial charge is 0.384 e. The molecule has 1 aromatic carbocycles. The minimum atomic E-state index is -1.17. The van der Waals surface area contributed by atoms with Crippen LogP contribution in [-0.2, 0) is 5.60 Å². The van der Waals surface area contributed by atoms with Crippen LogP contribution in [0.3, 0.4) is 0 Å². The van der Waals surface area contributed by atoms with Crippen LogP contribution in [0.2, 0.25) is 0 Å². The first-order valence-electron chi connectivity index (χ1n) is 9.12. The number of pyridine rings is 1. The van der Waals surface area contributed by atoms with Gasteiger partial charge in [0.2, 0.25) is 11.9 Å². The standard InChI is InChI=1S/C20H19N7O3/c1-20(2,30)14-8-4-7-13(23-14)17(29)27-19-24-12-6-3-5-11(15(12)25-19)16(28)26-18-21-9-10-22-18/h3-10,30H,1-2H3,(H2,21,22,26,28)(H2,24,25,27,29). The molecule has 10 heteroatoms. The summed E-state index contributed by atoms with van der Waals surface area (Å²) in [5.41, 5.74) is 0.627. The molecule has 0 aliphatic heterocycles. The molecule has 0 radical (unpaired) electrons. The van der Waals surface area contributed by atoms with Crippen LogP contribution in [0.15, 0.2) is 48.8 Å². The summed E-state index contributed by atoms with van der Waals surface area (Å²) in [6, 6.07) is 9.90. The maximum atomic E-state index is 12.6. The zero-order chi connectivity index (χ0) is 21.3. The van der Waals surface area contributed by atoms with Gasteiger partial charge in [0.1, 0.15) is 16.8 Å². The molecule has 3 heterocycles. The normalized spacial score (nSPS) is 11.4. The Morgan fingerprint density at radius 3 is 2.50 bits per heavy atom. The number of para-hydroxylation sites is 1. The van der Waals surface area contributed by atoms with E-state index in [2.05, 4.69) is 35.6 Å². The van der Waals surface area contributed by atoms with Crippen LogP contribution in [-0.4, -0.2) is 41.8 Å². The van der Waals surface area contributed by atoms with Gasteiger partial charge in [-0.2, -0.15) is 0 Å². The topological polar surface area (TPSA) is 149 Å². The number of imidazole rings is 2. The van der Waals surface area contributed by atoms with Crippen molar-refractivity contribution in [1.82, 2.24) is 24.9 Å². The molecule has 30 heavy (non-hydrogen) atoms. The number of nitrogens with one attached hydrogen (secondary N) is 4. The number of H-pyrrole nitrogens is 2. The van der Waals surface area contributed by atoms with Gasteiger partial charge in [-0.15, -0.1) is 0 Å². The lowest BCUT2D eigenvalue weighted by Gasteiger charge is -2.16. The average Bonchev–Trinajstić information content (AvgIpc) is 3.36. The van der Waals surface area contributed by atoms with E-state index in [1.807, 2.05) is 0 Å². The second-order valence-corrected chi connectivity index (χ2v) is 7.10. The minimum absolute atomic E-state index is 0.130. The fraction of sp³-hybridized carbons (Fsp3) is 0.150. The number of aromatic amines is 2. The quantitative estimate of drug-likeness (QED) is 0.344. The van der Waals surface area contributed by atoms with Gasteiger partial charge < -0.3 is 15.1 Å². The van der Waals surface area contributed by atoms with Gasteiger partial charge in [-0.3, -0.25) is 20.2 Å². The van der Waals surface area contributed by atoms with Gasteiger partial charge in [0, 0.05) is 12.4 Å². The third-order valence-electron chi connectivity index (χ3n) is 4.33. The lowest BCUT2D eigenvalue weighted by Crippen LogP contribution is -2.21. The van der Waals surface area contributed by atoms with Crippen LogP contribution < -0.4 is 10.6 Å². The van der Waals surface area contributed by atoms with Crippen LogP contribution >= 0.6 is 0 Å². The molecule has 0 fully saturated rings. The van der Waals surface area contributed by atoms with Crippen LogP contribution in [0.4, 0.5) is 11.9 Å². The van der Waals surface area contributed by atoms with E-state index in [9.17, 15) is 14.7 Å². The van der Waals surface area contributed by atoms with Crippen LogP contribution in [0.1, 0.15) is 40.4 Å². The summed E-state index contributed by atoms with van der Waals surface area (Å²) >= 11 is 0. The van der Waals surface area contributed by atoms with Crippen molar-refractivity contribution in [2.75, 3.05) is 10.6 Å². The molecule has 5 N–H and O–H groups in total. The van der Waals surface area contributed by atoms with Crippen molar-refractivity contribution in [2.24, 2.45) is 0 Å². The van der Waals surface area contributed by atoms with Gasteiger partial charge in [-0.05, 0) is 38.1 Å². The summed E-state index contributed by atoms with van der Waals surface area (Å²) in [7, 11) is 0. The molecule has 0 saturated heterocycles. The molecule has 0 bridgehead atoms. The molecule has 0 saturated carbocycles. The van der Waals surface area contributed by atoms with Crippen LogP contribution in [0, 0.1) is 0 Å². The van der Waals surface area contributed by atoms with Gasteiger partial charge in [0.25, 0.3) is 11.8 Å². The maximum absolute atomic E-state index is 12.6. The van der Waals surface area contributed by atoms with Crippen molar-refractivity contribution in [3.05, 3.63) is 65.7 Å². The average molecular weight is 405 g/mol. The molecule has 0 unspecified atom stereocenters. The van der Waals surface area contributed by atoms with Crippen molar-refractivity contribution in [1.29, 1.82) is 0 Å². The number of carbonyl (C=O) groups is 2. The Morgan fingerprint density at radius 1 is 1.00 bits per heavy atom. The lowest BCUT2D eigenvalue weighted by molar-refractivity contribution is 0.0735. The van der Waals surface area contributed by atoms with E-state index in [-0.39, 0.29) is 17.5 Å². The number of amides is 2. The molecule has 0 spiro atoms. The fourth-order valence-electron chi connectivity index (χ4n) is 2.86. The molecule has 0 atom stereocenters. The number of fused-ring (bicyclic) bond motifs is 1. The van der Waals surface area contributed by atoms with Gasteiger partial charge in [-0.1, -0.05) is 12.1 Å². The number of hydrogen-bond acceptors (Lipinski definition) is 6. The van der Waals surface area contributed by atoms with Crippen LogP contribution in [0.25, 0.3) is 11.0 Å². The summed E-state index contributed by atoms with van der Waals surface area (Å²) in [5.74, 6) is -0.399. The number of aliphatic hydroxyl groups is 1. The highest BCUT2D eigenvalue weighted by Crippen LogP contribution is 2.21. The van der Waals surface area contributed by atoms with E-state index in [1.54, 1.807) is 50.4 Å². The highest BCUT2D eigenvalue weighted by atomic mass is 16.3. The Hall–Kier alpha value is -4.05. The Labute approximate surface area is 170 Å². The van der Waals surface area contributed by atoms with Gasteiger partial charge in [-0.25, -0.2) is 15.0 Å². The first kappa shape index (κ1) is 19.3. The number of hydrogen-bond donors (Lipinski definition) is 5. The number of carbonyl (C=O) groups excluding carboxylic acids is 2. The zero-order valence-electron chi connectivity index (χ0n) is 16.2. The Bertz CT molecular complexity index is 1220. The number of anilines is 2. The van der Waals surface area contributed by atoms with Crippen molar-refractivity contribution in [3.63, 3.8) is 0 Å². The molecule has 0 aliphatic carbocycles. The summed E-state index contributed by atoms with van der Waals surface area (Å²) < 4.78 is 0. The molecule has 4 rings (SSSR count). The third-order valence-corrected chi connectivity index (χ3v) is 4.33. The van der Waals surface area contributed by atoms with Gasteiger partial charge >= 0.3 is 0 Å². The van der Waals surface area contributed by atoms with E-state index in [0.29, 0.717) is 28.2 Å². The summed E-state index contributed by atoms with van der Waals surface area (Å²) in [5, 5.41) is 15.4. The fourth-order valence-corrected chi connectivity index (χ4v) is 2.86. The lowest BCUT2D eigenvalue weighted by atomic mass is 10.0. The van der Waals surface area contributed by atoms with Gasteiger partial charge in [0.15, 0.2) is 0 Å². The molecule has 3 aromatic heterocycles. The van der Waals surface area contributed by atoms with E-state index in [1.165, 1.54) is 12.3 Å². The summed E-state index contributed by atoms with van der Waals surface area (Å²) in [6.07, 6.45) is 3.12.